The van der Waals surface area contributed by atoms with Gasteiger partial charge in [-0.25, -0.2) is 0 Å². The first kappa shape index (κ1) is 16.0. The number of hydrogen-bond donors (Lipinski definition) is 1. The number of nitrogens with one attached hydrogen (secondary N) is 1. The van der Waals surface area contributed by atoms with Crippen molar-refractivity contribution in [2.75, 3.05) is 26.3 Å². The molecule has 1 amide bonds. The molecule has 0 atom stereocenters. The third kappa shape index (κ3) is 3.19. The summed E-state index contributed by atoms with van der Waals surface area (Å²) in [4.78, 5) is 19.8. The van der Waals surface area contributed by atoms with Crippen molar-refractivity contribution < 1.29 is 14.1 Å². The molecule has 0 radical (unpaired) electrons. The van der Waals surface area contributed by atoms with Crippen molar-refractivity contribution in [2.45, 2.75) is 62.9 Å². The predicted octanol–water partition coefficient (Wildman–Crippen LogP) is 1.60. The third-order valence-corrected chi connectivity index (χ3v) is 5.54. The van der Waals surface area contributed by atoms with Crippen molar-refractivity contribution in [1.29, 1.82) is 0 Å². The Bertz CT molecular complexity index is 572. The average Bonchev–Trinajstić information content (AvgIpc) is 3.39. The number of carbonyl (C=O) groups is 1. The molecule has 0 bridgehead atoms. The number of aromatic nitrogens is 2. The average molecular weight is 334 g/mol. The fourth-order valence-corrected chi connectivity index (χ4v) is 3.97. The molecule has 1 saturated heterocycles. The van der Waals surface area contributed by atoms with E-state index < -0.39 is 0 Å². The van der Waals surface area contributed by atoms with Crippen LogP contribution in [0.1, 0.15) is 62.6 Å². The number of nitrogens with zero attached hydrogens (tertiary/aromatic N) is 3. The molecular formula is C17H26N4O3. The lowest BCUT2D eigenvalue weighted by molar-refractivity contribution is -0.140. The van der Waals surface area contributed by atoms with E-state index in [4.69, 9.17) is 9.26 Å². The van der Waals surface area contributed by atoms with E-state index in [0.29, 0.717) is 31.5 Å². The highest BCUT2D eigenvalue weighted by molar-refractivity contribution is 5.86. The first-order valence-corrected chi connectivity index (χ1v) is 9.21. The lowest BCUT2D eigenvalue weighted by Crippen LogP contribution is -2.62. The van der Waals surface area contributed by atoms with Crippen LogP contribution in [0.2, 0.25) is 0 Å². The normalized spacial score (nSPS) is 24.7. The number of amides is 1. The van der Waals surface area contributed by atoms with Gasteiger partial charge >= 0.3 is 0 Å². The first-order chi connectivity index (χ1) is 11.8. The molecular weight excluding hydrogens is 308 g/mol. The minimum absolute atomic E-state index is 0.113. The Morgan fingerprint density at radius 2 is 1.96 bits per heavy atom. The van der Waals surface area contributed by atoms with Crippen molar-refractivity contribution in [3.8, 4) is 0 Å². The number of morpholine rings is 1. The Morgan fingerprint density at radius 1 is 1.21 bits per heavy atom. The van der Waals surface area contributed by atoms with Crippen molar-refractivity contribution in [3.63, 3.8) is 0 Å². The van der Waals surface area contributed by atoms with Crippen LogP contribution in [0.5, 0.6) is 0 Å². The van der Waals surface area contributed by atoms with Crippen LogP contribution in [0.4, 0.5) is 0 Å². The van der Waals surface area contributed by atoms with Gasteiger partial charge in [-0.05, 0) is 25.7 Å². The summed E-state index contributed by atoms with van der Waals surface area (Å²) < 4.78 is 10.7. The fourth-order valence-electron chi connectivity index (χ4n) is 3.97. The van der Waals surface area contributed by atoms with Crippen molar-refractivity contribution in [2.24, 2.45) is 0 Å². The van der Waals surface area contributed by atoms with Gasteiger partial charge in [-0.3, -0.25) is 9.69 Å². The van der Waals surface area contributed by atoms with Gasteiger partial charge in [0.15, 0.2) is 5.82 Å². The minimum atomic E-state index is -0.384. The predicted molar refractivity (Wildman–Crippen MR) is 86.3 cm³/mol. The van der Waals surface area contributed by atoms with E-state index >= 15 is 0 Å². The van der Waals surface area contributed by atoms with Crippen LogP contribution in [0.3, 0.4) is 0 Å². The molecule has 1 aromatic heterocycles. The van der Waals surface area contributed by atoms with Crippen LogP contribution in [0, 0.1) is 0 Å². The summed E-state index contributed by atoms with van der Waals surface area (Å²) in [5.41, 5.74) is -0.384. The van der Waals surface area contributed by atoms with Crippen molar-refractivity contribution in [1.82, 2.24) is 20.4 Å². The van der Waals surface area contributed by atoms with Gasteiger partial charge in [0, 0.05) is 19.0 Å². The smallest absolute Gasteiger partial charge is 0.240 e. The molecule has 1 aliphatic heterocycles. The molecule has 7 nitrogen and oxygen atoms in total. The maximum Gasteiger partial charge on any atom is 0.240 e. The van der Waals surface area contributed by atoms with Gasteiger partial charge in [-0.15, -0.1) is 0 Å². The Morgan fingerprint density at radius 3 is 2.67 bits per heavy atom. The third-order valence-electron chi connectivity index (χ3n) is 5.54. The maximum absolute atomic E-state index is 13.1. The van der Waals surface area contributed by atoms with Gasteiger partial charge in [-0.2, -0.15) is 4.98 Å². The first-order valence-electron chi connectivity index (χ1n) is 9.21. The van der Waals surface area contributed by atoms with Gasteiger partial charge in [0.25, 0.3) is 0 Å². The second-order valence-electron chi connectivity index (χ2n) is 7.20. The van der Waals surface area contributed by atoms with Crippen LogP contribution < -0.4 is 5.32 Å². The Hall–Kier alpha value is -1.47. The largest absolute Gasteiger partial charge is 0.379 e. The maximum atomic E-state index is 13.1. The van der Waals surface area contributed by atoms with E-state index in [-0.39, 0.29) is 11.4 Å². The Labute approximate surface area is 142 Å². The van der Waals surface area contributed by atoms with Crippen LogP contribution in [-0.4, -0.2) is 52.8 Å². The molecule has 1 aromatic rings. The summed E-state index contributed by atoms with van der Waals surface area (Å²) in [7, 11) is 0. The highest BCUT2D eigenvalue weighted by Crippen LogP contribution is 2.39. The van der Waals surface area contributed by atoms with Crippen LogP contribution in [0.25, 0.3) is 0 Å². The lowest BCUT2D eigenvalue weighted by atomic mass is 9.79. The molecule has 2 heterocycles. The summed E-state index contributed by atoms with van der Waals surface area (Å²) in [6, 6.07) is 0. The minimum Gasteiger partial charge on any atom is -0.379 e. The molecule has 0 aromatic carbocycles. The summed E-state index contributed by atoms with van der Waals surface area (Å²) in [5, 5.41) is 7.07. The summed E-state index contributed by atoms with van der Waals surface area (Å²) in [6.45, 7) is 3.44. The van der Waals surface area contributed by atoms with E-state index in [9.17, 15) is 4.79 Å². The van der Waals surface area contributed by atoms with E-state index in [2.05, 4.69) is 20.4 Å². The molecule has 1 N–H and O–H groups in total. The zero-order chi connectivity index (χ0) is 16.4. The highest BCUT2D eigenvalue weighted by atomic mass is 16.5. The van der Waals surface area contributed by atoms with Crippen LogP contribution >= 0.6 is 0 Å². The number of ether oxygens (including phenoxy) is 1. The van der Waals surface area contributed by atoms with Crippen LogP contribution in [0.15, 0.2) is 4.52 Å². The monoisotopic (exact) mass is 334 g/mol. The standard InChI is InChI=1S/C17H26N4O3/c22-16(18-12-14-19-15(24-20-14)13-4-5-13)17(6-2-1-3-7-17)21-8-10-23-11-9-21/h13H,1-12H2,(H,18,22). The SMILES string of the molecule is O=C(NCc1noc(C2CC2)n1)C1(N2CCOCC2)CCCCC1. The molecule has 2 saturated carbocycles. The van der Waals surface area contributed by atoms with Gasteiger partial charge in [0.1, 0.15) is 5.54 Å². The summed E-state index contributed by atoms with van der Waals surface area (Å²) in [6.07, 6.45) is 7.56. The van der Waals surface area contributed by atoms with E-state index in [0.717, 1.165) is 57.5 Å². The molecule has 0 unspecified atom stereocenters. The van der Waals surface area contributed by atoms with Crippen molar-refractivity contribution in [3.05, 3.63) is 11.7 Å². The second-order valence-corrected chi connectivity index (χ2v) is 7.20. The quantitative estimate of drug-likeness (QED) is 0.881. The molecule has 3 fully saturated rings. The van der Waals surface area contributed by atoms with Crippen molar-refractivity contribution >= 4 is 5.91 Å². The molecule has 3 aliphatic rings. The molecule has 0 spiro atoms. The number of hydrogen-bond acceptors (Lipinski definition) is 6. The number of rotatable bonds is 5. The van der Waals surface area contributed by atoms with Gasteiger partial charge in [0.05, 0.1) is 19.8 Å². The zero-order valence-electron chi connectivity index (χ0n) is 14.1. The molecule has 132 valence electrons. The van der Waals surface area contributed by atoms with E-state index in [1.54, 1.807) is 0 Å². The molecule has 7 heteroatoms. The lowest BCUT2D eigenvalue weighted by Gasteiger charge is -2.46. The molecule has 2 aliphatic carbocycles. The topological polar surface area (TPSA) is 80.5 Å². The van der Waals surface area contributed by atoms with Gasteiger partial charge in [-0.1, -0.05) is 24.4 Å². The fraction of sp³-hybridized carbons (Fsp3) is 0.824. The Kier molecular flexibility index (Phi) is 4.54. The van der Waals surface area contributed by atoms with Gasteiger partial charge < -0.3 is 14.6 Å². The van der Waals surface area contributed by atoms with Crippen LogP contribution in [-0.2, 0) is 16.1 Å². The summed E-state index contributed by atoms with van der Waals surface area (Å²) in [5.74, 6) is 1.86. The summed E-state index contributed by atoms with van der Waals surface area (Å²) >= 11 is 0. The zero-order valence-corrected chi connectivity index (χ0v) is 14.1. The van der Waals surface area contributed by atoms with E-state index in [1.165, 1.54) is 6.42 Å². The highest BCUT2D eigenvalue weighted by Gasteiger charge is 2.45. The molecule has 24 heavy (non-hydrogen) atoms. The number of carbonyl (C=O) groups excluding carboxylic acids is 1. The Balaban J connectivity index is 1.42. The van der Waals surface area contributed by atoms with E-state index in [1.807, 2.05) is 0 Å². The second kappa shape index (κ2) is 6.80. The molecule has 4 rings (SSSR count). The van der Waals surface area contributed by atoms with Gasteiger partial charge in [0.2, 0.25) is 11.8 Å².